The topological polar surface area (TPSA) is 103 Å². The van der Waals surface area contributed by atoms with Crippen LogP contribution in [-0.4, -0.2) is 59.1 Å². The van der Waals surface area contributed by atoms with Gasteiger partial charge in [-0.15, -0.1) is 0 Å². The maximum absolute atomic E-state index is 13.2. The van der Waals surface area contributed by atoms with E-state index in [2.05, 4.69) is 4.98 Å². The highest BCUT2D eigenvalue weighted by atomic mass is 16.5. The van der Waals surface area contributed by atoms with Crippen molar-refractivity contribution in [2.75, 3.05) is 27.9 Å². The number of ether oxygens (including phenoxy) is 3. The van der Waals surface area contributed by atoms with Crippen molar-refractivity contribution in [1.82, 2.24) is 14.5 Å². The van der Waals surface area contributed by atoms with E-state index in [1.54, 1.807) is 48.9 Å². The normalized spacial score (nSPS) is 17.0. The second-order valence-electron chi connectivity index (χ2n) is 7.97. The quantitative estimate of drug-likeness (QED) is 0.286. The summed E-state index contributed by atoms with van der Waals surface area (Å²) in [5, 5.41) is 11.2. The van der Waals surface area contributed by atoms with Crippen LogP contribution in [0.2, 0.25) is 0 Å². The van der Waals surface area contributed by atoms with Crippen LogP contribution < -0.4 is 14.2 Å². The van der Waals surface area contributed by atoms with E-state index in [0.717, 1.165) is 0 Å². The van der Waals surface area contributed by atoms with Crippen molar-refractivity contribution in [3.05, 3.63) is 77.9 Å². The Hall–Kier alpha value is -4.27. The first kappa shape index (κ1) is 23.9. The molecule has 0 bridgehead atoms. The lowest BCUT2D eigenvalue weighted by Gasteiger charge is -2.26. The zero-order chi connectivity index (χ0) is 24.9. The van der Waals surface area contributed by atoms with Crippen molar-refractivity contribution in [2.24, 2.45) is 0 Å². The van der Waals surface area contributed by atoms with Gasteiger partial charge in [0.15, 0.2) is 11.5 Å². The number of imidazole rings is 1. The fraction of sp³-hybridized carbons (Fsp3) is 0.269. The lowest BCUT2D eigenvalue weighted by atomic mass is 9.94. The van der Waals surface area contributed by atoms with E-state index in [4.69, 9.17) is 14.2 Å². The number of benzene rings is 2. The lowest BCUT2D eigenvalue weighted by Crippen LogP contribution is -2.31. The van der Waals surface area contributed by atoms with Crippen molar-refractivity contribution in [3.8, 4) is 17.2 Å². The number of likely N-dealkylation sites (tertiary alicyclic amines) is 1. The molecule has 9 nitrogen and oxygen atoms in total. The number of Topliss-reactive ketones (excluding diaryl/α,β-unsaturated/α-hetero) is 1. The van der Waals surface area contributed by atoms with Gasteiger partial charge in [0.1, 0.15) is 5.76 Å². The Labute approximate surface area is 203 Å². The summed E-state index contributed by atoms with van der Waals surface area (Å²) in [6.45, 7) is 0.902. The first-order valence-corrected chi connectivity index (χ1v) is 11.1. The summed E-state index contributed by atoms with van der Waals surface area (Å²) in [4.78, 5) is 31.9. The highest BCUT2D eigenvalue weighted by molar-refractivity contribution is 6.46. The Morgan fingerprint density at radius 3 is 2.26 bits per heavy atom. The average molecular weight is 478 g/mol. The molecule has 1 saturated heterocycles. The third kappa shape index (κ3) is 4.57. The van der Waals surface area contributed by atoms with Gasteiger partial charge < -0.3 is 28.8 Å². The number of hydrogen-bond acceptors (Lipinski definition) is 7. The Morgan fingerprint density at radius 2 is 1.69 bits per heavy atom. The molecule has 3 aromatic rings. The summed E-state index contributed by atoms with van der Waals surface area (Å²) in [7, 11) is 4.48. The molecule has 2 heterocycles. The zero-order valence-corrected chi connectivity index (χ0v) is 19.8. The van der Waals surface area contributed by atoms with Gasteiger partial charge in [0.05, 0.1) is 39.3 Å². The number of carbonyl (C=O) groups excluding carboxylic acids is 2. The molecule has 0 radical (unpaired) electrons. The van der Waals surface area contributed by atoms with Crippen LogP contribution in [0.5, 0.6) is 17.2 Å². The summed E-state index contributed by atoms with van der Waals surface area (Å²) >= 11 is 0. The third-order valence-corrected chi connectivity index (χ3v) is 5.96. The predicted molar refractivity (Wildman–Crippen MR) is 128 cm³/mol. The molecular formula is C26H27N3O6. The molecule has 0 unspecified atom stereocenters. The van der Waals surface area contributed by atoms with Crippen LogP contribution in [0.3, 0.4) is 0 Å². The van der Waals surface area contributed by atoms with Gasteiger partial charge in [0.25, 0.3) is 11.7 Å². The zero-order valence-electron chi connectivity index (χ0n) is 19.8. The Kier molecular flexibility index (Phi) is 7.05. The minimum atomic E-state index is -0.841. The number of methoxy groups -OCH3 is 3. The van der Waals surface area contributed by atoms with Gasteiger partial charge in [-0.05, 0) is 24.1 Å². The number of amides is 1. The van der Waals surface area contributed by atoms with E-state index in [0.29, 0.717) is 41.3 Å². The minimum Gasteiger partial charge on any atom is -0.507 e. The van der Waals surface area contributed by atoms with E-state index in [-0.39, 0.29) is 17.9 Å². The molecular weight excluding hydrogens is 450 g/mol. The Bertz CT molecular complexity index is 1210. The predicted octanol–water partition coefficient (Wildman–Crippen LogP) is 3.42. The van der Waals surface area contributed by atoms with E-state index in [9.17, 15) is 14.7 Å². The average Bonchev–Trinajstić information content (AvgIpc) is 3.50. The van der Waals surface area contributed by atoms with Crippen molar-refractivity contribution < 1.29 is 28.9 Å². The van der Waals surface area contributed by atoms with Crippen LogP contribution in [-0.2, 0) is 16.1 Å². The fourth-order valence-corrected chi connectivity index (χ4v) is 4.31. The van der Waals surface area contributed by atoms with Crippen molar-refractivity contribution in [3.63, 3.8) is 0 Å². The molecule has 0 saturated carbocycles. The van der Waals surface area contributed by atoms with Crippen LogP contribution >= 0.6 is 0 Å². The third-order valence-electron chi connectivity index (χ3n) is 5.96. The molecule has 4 rings (SSSR count). The number of nitrogens with zero attached hydrogens (tertiary/aromatic N) is 3. The molecule has 1 aliphatic rings. The molecule has 2 aromatic carbocycles. The number of hydrogen-bond donors (Lipinski definition) is 1. The summed E-state index contributed by atoms with van der Waals surface area (Å²) in [6, 6.07) is 11.2. The number of aromatic nitrogens is 2. The monoisotopic (exact) mass is 477 g/mol. The molecule has 182 valence electrons. The molecule has 0 spiro atoms. The summed E-state index contributed by atoms with van der Waals surface area (Å²) in [6.07, 6.45) is 5.79. The van der Waals surface area contributed by atoms with E-state index < -0.39 is 17.7 Å². The van der Waals surface area contributed by atoms with Crippen LogP contribution in [0.4, 0.5) is 0 Å². The van der Waals surface area contributed by atoms with E-state index >= 15 is 0 Å². The fourth-order valence-electron chi connectivity index (χ4n) is 4.31. The molecule has 1 aromatic heterocycles. The summed E-state index contributed by atoms with van der Waals surface area (Å²) in [5.74, 6) is -0.505. The molecule has 1 N–H and O–H groups in total. The van der Waals surface area contributed by atoms with Crippen molar-refractivity contribution in [1.29, 1.82) is 0 Å². The minimum absolute atomic E-state index is 0.0121. The van der Waals surface area contributed by atoms with Crippen molar-refractivity contribution in [2.45, 2.75) is 19.0 Å². The van der Waals surface area contributed by atoms with Gasteiger partial charge in [-0.3, -0.25) is 9.59 Å². The molecule has 1 amide bonds. The van der Waals surface area contributed by atoms with Gasteiger partial charge in [-0.2, -0.15) is 0 Å². The highest BCUT2D eigenvalue weighted by Crippen LogP contribution is 2.45. The van der Waals surface area contributed by atoms with Crippen LogP contribution in [0.15, 0.2) is 66.8 Å². The standard InChI is InChI=1S/C26H27N3O6/c1-33-19-14-18(15-20(34-2)25(19)35-3)22-21(23(30)17-8-5-4-6-9-17)24(31)26(32)29(22)12-7-11-28-13-10-27-16-28/h4-6,8-10,13-16,22,30H,7,11-12H2,1-3H3/b23-21+/t22-/m1/s1. The first-order valence-electron chi connectivity index (χ1n) is 11.1. The molecule has 1 atom stereocenters. The molecule has 1 fully saturated rings. The Morgan fingerprint density at radius 1 is 1.00 bits per heavy atom. The number of aliphatic hydroxyl groups excluding tert-OH is 1. The van der Waals surface area contributed by atoms with Gasteiger partial charge in [-0.1, -0.05) is 30.3 Å². The SMILES string of the molecule is COc1cc([C@@H]2/C(=C(\O)c3ccccc3)C(=O)C(=O)N2CCCn2ccnc2)cc(OC)c1OC. The molecule has 9 heteroatoms. The maximum Gasteiger partial charge on any atom is 0.295 e. The highest BCUT2D eigenvalue weighted by Gasteiger charge is 2.46. The van der Waals surface area contributed by atoms with Gasteiger partial charge in [-0.25, -0.2) is 4.98 Å². The van der Waals surface area contributed by atoms with E-state index in [1.807, 2.05) is 16.8 Å². The first-order chi connectivity index (χ1) is 17.0. The molecule has 0 aliphatic carbocycles. The molecule has 35 heavy (non-hydrogen) atoms. The van der Waals surface area contributed by atoms with Crippen LogP contribution in [0.25, 0.3) is 5.76 Å². The largest absolute Gasteiger partial charge is 0.507 e. The summed E-state index contributed by atoms with van der Waals surface area (Å²) in [5.41, 5.74) is 1.01. The van der Waals surface area contributed by atoms with Gasteiger partial charge in [0, 0.05) is 31.0 Å². The van der Waals surface area contributed by atoms with E-state index in [1.165, 1.54) is 26.2 Å². The second kappa shape index (κ2) is 10.3. The smallest absolute Gasteiger partial charge is 0.295 e. The second-order valence-corrected chi connectivity index (χ2v) is 7.97. The number of aryl methyl sites for hydroxylation is 1. The van der Waals surface area contributed by atoms with Crippen LogP contribution in [0.1, 0.15) is 23.6 Å². The number of aliphatic hydroxyl groups is 1. The van der Waals surface area contributed by atoms with Crippen LogP contribution in [0, 0.1) is 0 Å². The maximum atomic E-state index is 13.2. The lowest BCUT2D eigenvalue weighted by molar-refractivity contribution is -0.139. The number of carbonyl (C=O) groups is 2. The number of ketones is 1. The van der Waals surface area contributed by atoms with Gasteiger partial charge >= 0.3 is 0 Å². The van der Waals surface area contributed by atoms with Crippen molar-refractivity contribution >= 4 is 17.4 Å². The number of rotatable bonds is 9. The van der Waals surface area contributed by atoms with Gasteiger partial charge in [0.2, 0.25) is 5.75 Å². The Balaban J connectivity index is 1.82. The molecule has 1 aliphatic heterocycles. The summed E-state index contributed by atoms with van der Waals surface area (Å²) < 4.78 is 18.3.